The second-order valence-corrected chi connectivity index (χ2v) is 18.9. The van der Waals surface area contributed by atoms with Crippen molar-refractivity contribution in [1.82, 2.24) is 10.2 Å². The Labute approximate surface area is 329 Å². The number of nitrogens with one attached hydrogen (secondary N) is 1. The molecule has 6 nitrogen and oxygen atoms in total. The van der Waals surface area contributed by atoms with Crippen LogP contribution in [0, 0.1) is 28.6 Å². The van der Waals surface area contributed by atoms with Gasteiger partial charge >= 0.3 is 6.03 Å². The maximum absolute atomic E-state index is 14.7. The van der Waals surface area contributed by atoms with E-state index in [-0.39, 0.29) is 30.3 Å². The normalized spacial score (nSPS) is 30.1. The number of benzene rings is 3. The minimum absolute atomic E-state index is 0.0118. The smallest absolute Gasteiger partial charge is 0.317 e. The fourth-order valence-corrected chi connectivity index (χ4v) is 11.1. The molecule has 0 saturated heterocycles. The summed E-state index contributed by atoms with van der Waals surface area (Å²) in [5, 5.41) is 27.5. The van der Waals surface area contributed by atoms with Crippen LogP contribution in [0.5, 0.6) is 0 Å². The minimum Gasteiger partial charge on any atom is -0.393 e. The number of nitrogens with zero attached hydrogens (tertiary/aromatic N) is 1. The number of ketones is 1. The van der Waals surface area contributed by atoms with Gasteiger partial charge in [-0.15, -0.1) is 0 Å². The SMILES string of the molecule is CC1=CCC[C@@]2(C)[C@@H](CC[C@@]2(O)CN(C[C@@H]2CC[C@H]3C[C@@H]2C3(C)C)C(=O)NC(C)C)c2ccc(cc2C(=O)c2ccc(-c3ccccc3)cc2)C[C@@H](O)CC1. The summed E-state index contributed by atoms with van der Waals surface area (Å²) in [6, 6.07) is 24.2. The molecule has 9 rings (SSSR count). The van der Waals surface area contributed by atoms with Crippen molar-refractivity contribution >= 4 is 11.8 Å². The van der Waals surface area contributed by atoms with Crippen molar-refractivity contribution in [2.75, 3.05) is 13.1 Å². The number of hydrogen-bond donors (Lipinski definition) is 3. The zero-order valence-corrected chi connectivity index (χ0v) is 34.1. The van der Waals surface area contributed by atoms with Gasteiger partial charge in [0.1, 0.15) is 0 Å². The van der Waals surface area contributed by atoms with Gasteiger partial charge in [-0.3, -0.25) is 4.79 Å². The molecule has 4 bridgehead atoms. The number of fused-ring (bicyclic) bond motifs is 10. The molecule has 0 aromatic heterocycles. The van der Waals surface area contributed by atoms with Crippen LogP contribution in [0.3, 0.4) is 0 Å². The Morgan fingerprint density at radius 1 is 0.909 bits per heavy atom. The number of aliphatic hydroxyl groups excluding tert-OH is 1. The van der Waals surface area contributed by atoms with Crippen molar-refractivity contribution in [3.05, 3.63) is 107 Å². The van der Waals surface area contributed by atoms with Crippen molar-refractivity contribution in [3.8, 4) is 11.1 Å². The summed E-state index contributed by atoms with van der Waals surface area (Å²) >= 11 is 0. The third-order valence-corrected chi connectivity index (χ3v) is 14.8. The van der Waals surface area contributed by atoms with E-state index < -0.39 is 17.1 Å². The Hall–Kier alpha value is -3.74. The average molecular weight is 745 g/mol. The first-order chi connectivity index (χ1) is 26.2. The van der Waals surface area contributed by atoms with Crippen molar-refractivity contribution < 1.29 is 19.8 Å². The topological polar surface area (TPSA) is 89.9 Å². The standard InChI is InChI=1S/C49H64N2O4/c1-32(2)50-46(54)51(30-38-20-21-39-29-44(38)47(39,4)5)31-49(55)26-24-43-41-23-15-34(27-40(52)22-14-33(3)11-10-25-48(43,49)6)28-42(41)45(53)37-18-16-36(17-19-37)35-12-8-7-9-13-35/h7-9,11-13,15-19,23,28,32,38-40,43-44,52,55H,10,14,20-22,24-27,29-31H2,1-6H3,(H,50,54)/t38-,39-,40-,43-,44-,48-,49+/m0/s1. The molecular formula is C49H64N2O4. The van der Waals surface area contributed by atoms with Crippen LogP contribution in [-0.4, -0.2) is 57.8 Å². The van der Waals surface area contributed by atoms with Crippen LogP contribution in [0.25, 0.3) is 11.1 Å². The van der Waals surface area contributed by atoms with Crippen molar-refractivity contribution in [2.45, 2.75) is 129 Å². The highest BCUT2D eigenvalue weighted by Crippen LogP contribution is 2.62. The summed E-state index contributed by atoms with van der Waals surface area (Å²) < 4.78 is 0. The Morgan fingerprint density at radius 2 is 1.64 bits per heavy atom. The number of rotatable bonds is 8. The van der Waals surface area contributed by atoms with E-state index >= 15 is 0 Å². The molecule has 2 amide bonds. The number of allylic oxidation sites excluding steroid dienone is 2. The van der Waals surface area contributed by atoms with Crippen LogP contribution in [0.4, 0.5) is 4.79 Å². The number of carbonyl (C=O) groups excluding carboxylic acids is 2. The molecule has 0 heterocycles. The molecule has 0 aliphatic heterocycles. The van der Waals surface area contributed by atoms with Gasteiger partial charge in [-0.2, -0.15) is 0 Å². The molecule has 0 unspecified atom stereocenters. The Balaban J connectivity index is 1.26. The molecule has 0 spiro atoms. The average Bonchev–Trinajstić information content (AvgIpc) is 3.41. The van der Waals surface area contributed by atoms with Crippen molar-refractivity contribution in [3.63, 3.8) is 0 Å². The van der Waals surface area contributed by atoms with Gasteiger partial charge in [0.25, 0.3) is 0 Å². The number of urea groups is 1. The predicted octanol–water partition coefficient (Wildman–Crippen LogP) is 10.1. The fourth-order valence-electron chi connectivity index (χ4n) is 11.1. The van der Waals surface area contributed by atoms with E-state index in [4.69, 9.17) is 0 Å². The molecule has 6 heteroatoms. The van der Waals surface area contributed by atoms with E-state index in [2.05, 4.69) is 63.4 Å². The summed E-state index contributed by atoms with van der Waals surface area (Å²) in [6.45, 7) is 14.1. The van der Waals surface area contributed by atoms with Crippen LogP contribution in [-0.2, 0) is 6.42 Å². The first-order valence-electron chi connectivity index (χ1n) is 21.1. The van der Waals surface area contributed by atoms with E-state index in [1.807, 2.05) is 67.3 Å². The molecule has 7 atom stereocenters. The Bertz CT molecular complexity index is 1880. The van der Waals surface area contributed by atoms with Gasteiger partial charge < -0.3 is 20.4 Å². The number of carbonyl (C=O) groups is 2. The third-order valence-electron chi connectivity index (χ3n) is 14.8. The molecular weight excluding hydrogens is 681 g/mol. The lowest BCUT2D eigenvalue weighted by atomic mass is 9.45. The summed E-state index contributed by atoms with van der Waals surface area (Å²) in [5.74, 6) is 1.65. The van der Waals surface area contributed by atoms with Gasteiger partial charge in [0.05, 0.1) is 18.2 Å². The van der Waals surface area contributed by atoms with Gasteiger partial charge in [-0.1, -0.05) is 99.2 Å². The van der Waals surface area contributed by atoms with Crippen LogP contribution in [0.1, 0.15) is 132 Å². The minimum atomic E-state index is -1.16. The van der Waals surface area contributed by atoms with E-state index in [1.165, 1.54) is 18.4 Å². The third kappa shape index (κ3) is 7.83. The lowest BCUT2D eigenvalue weighted by Gasteiger charge is -2.60. The van der Waals surface area contributed by atoms with E-state index in [1.54, 1.807) is 0 Å². The van der Waals surface area contributed by atoms with E-state index in [0.29, 0.717) is 60.6 Å². The highest BCUT2D eigenvalue weighted by atomic mass is 16.3. The molecule has 6 aliphatic rings. The van der Waals surface area contributed by atoms with Crippen LogP contribution >= 0.6 is 0 Å². The predicted molar refractivity (Wildman–Crippen MR) is 222 cm³/mol. The monoisotopic (exact) mass is 744 g/mol. The first-order valence-corrected chi connectivity index (χ1v) is 21.1. The largest absolute Gasteiger partial charge is 0.393 e. The number of hydrogen-bond acceptors (Lipinski definition) is 4. The van der Waals surface area contributed by atoms with Gasteiger partial charge in [0, 0.05) is 29.1 Å². The van der Waals surface area contributed by atoms with Gasteiger partial charge in [0.15, 0.2) is 5.78 Å². The molecule has 4 fully saturated rings. The number of aliphatic hydroxyl groups is 2. The molecule has 3 aromatic carbocycles. The maximum atomic E-state index is 14.7. The van der Waals surface area contributed by atoms with Gasteiger partial charge in [-0.05, 0) is 142 Å². The Kier molecular flexibility index (Phi) is 11.2. The van der Waals surface area contributed by atoms with Crippen LogP contribution in [0.2, 0.25) is 0 Å². The molecule has 3 aromatic rings. The molecule has 294 valence electrons. The van der Waals surface area contributed by atoms with Gasteiger partial charge in [0.2, 0.25) is 0 Å². The van der Waals surface area contributed by atoms with Crippen molar-refractivity contribution in [2.24, 2.45) is 28.6 Å². The Morgan fingerprint density at radius 3 is 2.33 bits per heavy atom. The van der Waals surface area contributed by atoms with Gasteiger partial charge in [-0.25, -0.2) is 4.79 Å². The molecule has 6 aliphatic carbocycles. The molecule has 4 saturated carbocycles. The van der Waals surface area contributed by atoms with Crippen LogP contribution < -0.4 is 5.32 Å². The molecule has 3 N–H and O–H groups in total. The second kappa shape index (κ2) is 15.7. The van der Waals surface area contributed by atoms with E-state index in [0.717, 1.165) is 53.9 Å². The van der Waals surface area contributed by atoms with Crippen molar-refractivity contribution in [1.29, 1.82) is 0 Å². The first kappa shape index (κ1) is 39.5. The van der Waals surface area contributed by atoms with Crippen LogP contribution in [0.15, 0.2) is 84.4 Å². The molecule has 0 radical (unpaired) electrons. The zero-order chi connectivity index (χ0) is 39.1. The highest BCUT2D eigenvalue weighted by molar-refractivity contribution is 6.10. The number of amides is 2. The summed E-state index contributed by atoms with van der Waals surface area (Å²) in [5.41, 5.74) is 5.10. The lowest BCUT2D eigenvalue weighted by molar-refractivity contribution is -0.117. The lowest BCUT2D eigenvalue weighted by Crippen LogP contribution is -2.59. The zero-order valence-electron chi connectivity index (χ0n) is 34.1. The second-order valence-electron chi connectivity index (χ2n) is 18.9. The summed E-state index contributed by atoms with van der Waals surface area (Å²) in [4.78, 5) is 30.8. The summed E-state index contributed by atoms with van der Waals surface area (Å²) in [6.07, 6.45) is 10.0. The quantitative estimate of drug-likeness (QED) is 0.158. The molecule has 55 heavy (non-hydrogen) atoms. The maximum Gasteiger partial charge on any atom is 0.317 e. The van der Waals surface area contributed by atoms with E-state index in [9.17, 15) is 19.8 Å². The summed E-state index contributed by atoms with van der Waals surface area (Å²) in [7, 11) is 0. The fraction of sp³-hybridized carbons (Fsp3) is 0.551. The highest BCUT2D eigenvalue weighted by Gasteiger charge is 2.59.